The second-order valence-corrected chi connectivity index (χ2v) is 8.55. The van der Waals surface area contributed by atoms with Crippen LogP contribution in [0.3, 0.4) is 0 Å². The van der Waals surface area contributed by atoms with Crippen molar-refractivity contribution in [2.75, 3.05) is 5.75 Å². The average molecular weight is 427 g/mol. The minimum absolute atomic E-state index is 0.0201. The first-order chi connectivity index (χ1) is 15.1. The number of para-hydroxylation sites is 3. The molecule has 0 aliphatic heterocycles. The number of rotatable bonds is 5. The Balaban J connectivity index is 1.46. The first-order valence-electron chi connectivity index (χ1n) is 10.3. The van der Waals surface area contributed by atoms with Crippen LogP contribution < -0.4 is 5.32 Å². The minimum atomic E-state index is -0.0482. The van der Waals surface area contributed by atoms with Crippen molar-refractivity contribution in [3.8, 4) is 0 Å². The van der Waals surface area contributed by atoms with E-state index in [1.165, 1.54) is 17.3 Å². The van der Waals surface area contributed by atoms with Gasteiger partial charge in [-0.1, -0.05) is 60.3 Å². The van der Waals surface area contributed by atoms with Crippen LogP contribution in [0.15, 0.2) is 78.0 Å². The topological polar surface area (TPSA) is 59.3 Å². The van der Waals surface area contributed by atoms with E-state index in [1.807, 2.05) is 67.6 Å². The lowest BCUT2D eigenvalue weighted by atomic mass is 10.0. The van der Waals surface area contributed by atoms with Crippen LogP contribution in [0.2, 0.25) is 0 Å². The molecule has 0 fully saturated rings. The monoisotopic (exact) mass is 426 g/mol. The molecule has 154 valence electrons. The fourth-order valence-electron chi connectivity index (χ4n) is 3.97. The number of fused-ring (bicyclic) bond motifs is 5. The second kappa shape index (κ2) is 8.04. The Hall–Kier alpha value is -3.38. The van der Waals surface area contributed by atoms with Gasteiger partial charge in [0.05, 0.1) is 28.3 Å². The molecule has 5 aromatic rings. The van der Waals surface area contributed by atoms with Crippen molar-refractivity contribution >= 4 is 45.3 Å². The third-order valence-electron chi connectivity index (χ3n) is 5.48. The SMILES string of the molecule is Cc1ccccc1C(C)NC(=O)CSc1nc2ccccc2c2nc3ccccc3n12. The Bertz CT molecular complexity index is 1430. The largest absolute Gasteiger partial charge is 0.349 e. The quantitative estimate of drug-likeness (QED) is 0.305. The van der Waals surface area contributed by atoms with Gasteiger partial charge in [-0.3, -0.25) is 9.20 Å². The van der Waals surface area contributed by atoms with E-state index in [-0.39, 0.29) is 17.7 Å². The predicted molar refractivity (Wildman–Crippen MR) is 126 cm³/mol. The van der Waals surface area contributed by atoms with Gasteiger partial charge in [0, 0.05) is 5.39 Å². The molecule has 5 nitrogen and oxygen atoms in total. The summed E-state index contributed by atoms with van der Waals surface area (Å²) in [5, 5.41) is 4.88. The zero-order valence-corrected chi connectivity index (χ0v) is 18.2. The van der Waals surface area contributed by atoms with Gasteiger partial charge in [0.1, 0.15) is 5.65 Å². The van der Waals surface area contributed by atoms with E-state index in [2.05, 4.69) is 28.8 Å². The van der Waals surface area contributed by atoms with Crippen LogP contribution in [-0.4, -0.2) is 26.0 Å². The molecule has 1 unspecified atom stereocenters. The molecule has 3 aromatic carbocycles. The molecular formula is C25H22N4OS. The molecule has 31 heavy (non-hydrogen) atoms. The van der Waals surface area contributed by atoms with Crippen LogP contribution in [0.4, 0.5) is 0 Å². The van der Waals surface area contributed by atoms with Gasteiger partial charge in [0.15, 0.2) is 5.16 Å². The van der Waals surface area contributed by atoms with E-state index in [1.54, 1.807) is 0 Å². The number of imidazole rings is 1. The van der Waals surface area contributed by atoms with Gasteiger partial charge in [-0.05, 0) is 49.2 Å². The highest BCUT2D eigenvalue weighted by atomic mass is 32.2. The maximum Gasteiger partial charge on any atom is 0.230 e. The number of amides is 1. The summed E-state index contributed by atoms with van der Waals surface area (Å²) in [4.78, 5) is 22.4. The van der Waals surface area contributed by atoms with Gasteiger partial charge < -0.3 is 5.32 Å². The summed E-state index contributed by atoms with van der Waals surface area (Å²) in [6, 6.07) is 24.1. The van der Waals surface area contributed by atoms with E-state index in [0.29, 0.717) is 0 Å². The van der Waals surface area contributed by atoms with Gasteiger partial charge >= 0.3 is 0 Å². The minimum Gasteiger partial charge on any atom is -0.349 e. The van der Waals surface area contributed by atoms with Crippen molar-refractivity contribution in [1.82, 2.24) is 19.7 Å². The smallest absolute Gasteiger partial charge is 0.230 e. The van der Waals surface area contributed by atoms with Gasteiger partial charge in [-0.25, -0.2) is 9.97 Å². The average Bonchev–Trinajstić information content (AvgIpc) is 3.18. The Morgan fingerprint density at radius 2 is 1.68 bits per heavy atom. The van der Waals surface area contributed by atoms with Crippen molar-refractivity contribution in [2.45, 2.75) is 25.0 Å². The van der Waals surface area contributed by atoms with Crippen molar-refractivity contribution in [3.63, 3.8) is 0 Å². The molecular weight excluding hydrogens is 404 g/mol. The number of benzene rings is 3. The maximum atomic E-state index is 12.7. The summed E-state index contributed by atoms with van der Waals surface area (Å²) in [5.74, 6) is 0.261. The third-order valence-corrected chi connectivity index (χ3v) is 6.42. The van der Waals surface area contributed by atoms with Crippen molar-refractivity contribution in [3.05, 3.63) is 83.9 Å². The summed E-state index contributed by atoms with van der Waals surface area (Å²) < 4.78 is 2.06. The van der Waals surface area contributed by atoms with Crippen molar-refractivity contribution in [1.29, 1.82) is 0 Å². The molecule has 1 atom stereocenters. The fourth-order valence-corrected chi connectivity index (χ4v) is 4.79. The summed E-state index contributed by atoms with van der Waals surface area (Å²) in [6.45, 7) is 4.08. The lowest BCUT2D eigenvalue weighted by Crippen LogP contribution is -2.28. The standard InChI is InChI=1S/C25H22N4OS/c1-16-9-3-4-10-18(16)17(2)26-23(30)15-31-25-28-20-12-6-5-11-19(20)24-27-21-13-7-8-14-22(21)29(24)25/h3-14,17H,15H2,1-2H3,(H,26,30). The number of nitrogens with zero attached hydrogens (tertiary/aromatic N) is 3. The zero-order chi connectivity index (χ0) is 21.4. The van der Waals surface area contributed by atoms with Crippen molar-refractivity contribution in [2.24, 2.45) is 0 Å². The first-order valence-corrected chi connectivity index (χ1v) is 11.2. The van der Waals surface area contributed by atoms with Crippen LogP contribution in [0.25, 0.3) is 27.6 Å². The molecule has 1 amide bonds. The van der Waals surface area contributed by atoms with E-state index in [4.69, 9.17) is 9.97 Å². The maximum absolute atomic E-state index is 12.7. The van der Waals surface area contributed by atoms with Crippen molar-refractivity contribution < 1.29 is 4.79 Å². The molecule has 0 radical (unpaired) electrons. The number of hydrogen-bond donors (Lipinski definition) is 1. The highest BCUT2D eigenvalue weighted by Gasteiger charge is 2.16. The molecule has 2 heterocycles. The number of carbonyl (C=O) groups excluding carboxylic acids is 1. The highest BCUT2D eigenvalue weighted by molar-refractivity contribution is 7.99. The zero-order valence-electron chi connectivity index (χ0n) is 17.4. The van der Waals surface area contributed by atoms with Crippen LogP contribution in [0.5, 0.6) is 0 Å². The number of carbonyl (C=O) groups is 1. The highest BCUT2D eigenvalue weighted by Crippen LogP contribution is 2.29. The normalized spacial score (nSPS) is 12.5. The van der Waals surface area contributed by atoms with Gasteiger partial charge in [-0.15, -0.1) is 0 Å². The number of nitrogens with one attached hydrogen (secondary N) is 1. The van der Waals surface area contributed by atoms with E-state index < -0.39 is 0 Å². The van der Waals surface area contributed by atoms with Crippen LogP contribution in [-0.2, 0) is 4.79 Å². The number of hydrogen-bond acceptors (Lipinski definition) is 4. The van der Waals surface area contributed by atoms with Crippen LogP contribution in [0.1, 0.15) is 24.1 Å². The molecule has 5 rings (SSSR count). The van der Waals surface area contributed by atoms with Gasteiger partial charge in [0.25, 0.3) is 0 Å². The molecule has 0 aliphatic rings. The molecule has 6 heteroatoms. The number of aromatic nitrogens is 3. The number of aryl methyl sites for hydroxylation is 1. The summed E-state index contributed by atoms with van der Waals surface area (Å²) in [7, 11) is 0. The molecule has 0 saturated carbocycles. The van der Waals surface area contributed by atoms with E-state index in [9.17, 15) is 4.79 Å². The second-order valence-electron chi connectivity index (χ2n) is 7.61. The van der Waals surface area contributed by atoms with Gasteiger partial charge in [0.2, 0.25) is 5.91 Å². The van der Waals surface area contributed by atoms with Crippen LogP contribution >= 0.6 is 11.8 Å². The molecule has 0 bridgehead atoms. The van der Waals surface area contributed by atoms with Gasteiger partial charge in [-0.2, -0.15) is 0 Å². The fraction of sp³-hybridized carbons (Fsp3) is 0.160. The molecule has 1 N–H and O–H groups in total. The molecule has 0 saturated heterocycles. The first kappa shape index (κ1) is 19.6. The van der Waals surface area contributed by atoms with E-state index in [0.717, 1.165) is 38.3 Å². The number of thioether (sulfide) groups is 1. The van der Waals surface area contributed by atoms with E-state index >= 15 is 0 Å². The Morgan fingerprint density at radius 3 is 2.52 bits per heavy atom. The molecule has 0 spiro atoms. The Morgan fingerprint density at radius 1 is 0.968 bits per heavy atom. The summed E-state index contributed by atoms with van der Waals surface area (Å²) in [5.41, 5.74) is 5.95. The summed E-state index contributed by atoms with van der Waals surface area (Å²) in [6.07, 6.45) is 0. The lowest BCUT2D eigenvalue weighted by molar-refractivity contribution is -0.119. The van der Waals surface area contributed by atoms with Crippen LogP contribution in [0, 0.1) is 6.92 Å². The third kappa shape index (κ3) is 3.64. The summed E-state index contributed by atoms with van der Waals surface area (Å²) >= 11 is 1.43. The molecule has 0 aliphatic carbocycles. The predicted octanol–water partition coefficient (Wildman–Crippen LogP) is 5.31. The molecule has 2 aromatic heterocycles. The lowest BCUT2D eigenvalue weighted by Gasteiger charge is -2.16. The Labute approximate surface area is 184 Å². The Kier molecular flexibility index (Phi) is 5.08.